The Balaban J connectivity index is 1.58. The topological polar surface area (TPSA) is 70.7 Å². The molecule has 0 radical (unpaired) electrons. The number of aromatic nitrogens is 3. The molecular weight excluding hydrogens is 391 g/mol. The summed E-state index contributed by atoms with van der Waals surface area (Å²) in [6.45, 7) is 2.11. The third-order valence-corrected chi connectivity index (χ3v) is 5.03. The second-order valence-corrected chi connectivity index (χ2v) is 7.26. The summed E-state index contributed by atoms with van der Waals surface area (Å²) in [6.07, 6.45) is 0.991. The van der Waals surface area contributed by atoms with Crippen molar-refractivity contribution in [1.82, 2.24) is 15.2 Å². The summed E-state index contributed by atoms with van der Waals surface area (Å²) < 4.78 is 0. The van der Waals surface area contributed by atoms with E-state index in [-0.39, 0.29) is 11.7 Å². The highest BCUT2D eigenvalue weighted by Crippen LogP contribution is 2.26. The lowest BCUT2D eigenvalue weighted by atomic mass is 10.1. The van der Waals surface area contributed by atoms with Crippen LogP contribution >= 0.6 is 35.0 Å². The maximum atomic E-state index is 12.1. The average Bonchev–Trinajstić information content (AvgIpc) is 3.11. The van der Waals surface area contributed by atoms with E-state index in [0.29, 0.717) is 26.7 Å². The van der Waals surface area contributed by atoms with Crippen LogP contribution in [0, 0.1) is 0 Å². The molecule has 0 fully saturated rings. The molecule has 0 saturated carbocycles. The first-order valence-electron chi connectivity index (χ1n) is 7.94. The highest BCUT2D eigenvalue weighted by atomic mass is 35.5. The SMILES string of the molecule is CCc1ccc(-c2nc(SCC(=O)Nc3ccc(Cl)cc3Cl)n[nH]2)cc1. The summed E-state index contributed by atoms with van der Waals surface area (Å²) in [4.78, 5) is 16.5. The largest absolute Gasteiger partial charge is 0.324 e. The molecule has 2 N–H and O–H groups in total. The summed E-state index contributed by atoms with van der Waals surface area (Å²) in [5.74, 6) is 0.652. The highest BCUT2D eigenvalue weighted by molar-refractivity contribution is 7.99. The smallest absolute Gasteiger partial charge is 0.234 e. The molecule has 0 atom stereocenters. The summed E-state index contributed by atoms with van der Waals surface area (Å²) in [5.41, 5.74) is 2.74. The Bertz CT molecular complexity index is 912. The molecule has 0 unspecified atom stereocenters. The maximum absolute atomic E-state index is 12.1. The number of amides is 1. The minimum Gasteiger partial charge on any atom is -0.324 e. The number of rotatable bonds is 6. The van der Waals surface area contributed by atoms with Crippen molar-refractivity contribution in [2.24, 2.45) is 0 Å². The summed E-state index contributed by atoms with van der Waals surface area (Å²) in [5, 5.41) is 11.2. The van der Waals surface area contributed by atoms with Gasteiger partial charge in [0.15, 0.2) is 5.82 Å². The number of thioether (sulfide) groups is 1. The summed E-state index contributed by atoms with van der Waals surface area (Å²) in [7, 11) is 0. The van der Waals surface area contributed by atoms with Gasteiger partial charge in [-0.1, -0.05) is 66.2 Å². The van der Waals surface area contributed by atoms with Crippen LogP contribution in [-0.4, -0.2) is 26.8 Å². The Morgan fingerprint density at radius 3 is 2.65 bits per heavy atom. The number of hydrogen-bond acceptors (Lipinski definition) is 4. The summed E-state index contributed by atoms with van der Waals surface area (Å²) >= 11 is 13.1. The first-order chi connectivity index (χ1) is 12.5. The first-order valence-corrected chi connectivity index (χ1v) is 9.68. The lowest BCUT2D eigenvalue weighted by molar-refractivity contribution is -0.113. The van der Waals surface area contributed by atoms with Crippen molar-refractivity contribution in [2.45, 2.75) is 18.5 Å². The van der Waals surface area contributed by atoms with Crippen LogP contribution in [0.1, 0.15) is 12.5 Å². The number of hydrogen-bond donors (Lipinski definition) is 2. The Kier molecular flexibility index (Phi) is 6.19. The molecule has 26 heavy (non-hydrogen) atoms. The number of aryl methyl sites for hydroxylation is 1. The van der Waals surface area contributed by atoms with E-state index in [1.165, 1.54) is 17.3 Å². The van der Waals surface area contributed by atoms with Crippen LogP contribution in [-0.2, 0) is 11.2 Å². The van der Waals surface area contributed by atoms with Gasteiger partial charge in [-0.15, -0.1) is 5.10 Å². The van der Waals surface area contributed by atoms with E-state index in [2.05, 4.69) is 39.6 Å². The first kappa shape index (κ1) is 18.8. The Labute approximate surface area is 165 Å². The number of anilines is 1. The molecule has 134 valence electrons. The molecule has 2 aromatic carbocycles. The predicted octanol–water partition coefficient (Wildman–Crippen LogP) is 5.07. The molecule has 0 bridgehead atoms. The van der Waals surface area contributed by atoms with Crippen molar-refractivity contribution in [3.05, 3.63) is 58.1 Å². The third-order valence-electron chi connectivity index (χ3n) is 3.64. The second-order valence-electron chi connectivity index (χ2n) is 5.48. The summed E-state index contributed by atoms with van der Waals surface area (Å²) in [6, 6.07) is 13.0. The van der Waals surface area contributed by atoms with Crippen molar-refractivity contribution in [3.63, 3.8) is 0 Å². The molecule has 5 nitrogen and oxygen atoms in total. The minimum absolute atomic E-state index is 0.172. The molecule has 0 aliphatic heterocycles. The zero-order chi connectivity index (χ0) is 18.5. The van der Waals surface area contributed by atoms with Gasteiger partial charge in [0.2, 0.25) is 11.1 Å². The fourth-order valence-electron chi connectivity index (χ4n) is 2.25. The number of nitrogens with one attached hydrogen (secondary N) is 2. The Morgan fingerprint density at radius 2 is 1.96 bits per heavy atom. The van der Waals surface area contributed by atoms with E-state index in [4.69, 9.17) is 23.2 Å². The number of benzene rings is 2. The Hall–Kier alpha value is -2.02. The number of aromatic amines is 1. The molecular formula is C18H16Cl2N4OS. The molecule has 0 aliphatic carbocycles. The molecule has 0 spiro atoms. The number of carbonyl (C=O) groups excluding carboxylic acids is 1. The zero-order valence-corrected chi connectivity index (χ0v) is 16.3. The van der Waals surface area contributed by atoms with Crippen LogP contribution in [0.5, 0.6) is 0 Å². The maximum Gasteiger partial charge on any atom is 0.234 e. The van der Waals surface area contributed by atoms with Gasteiger partial charge in [-0.25, -0.2) is 4.98 Å². The average molecular weight is 407 g/mol. The number of carbonyl (C=O) groups is 1. The van der Waals surface area contributed by atoms with Gasteiger partial charge in [0.25, 0.3) is 0 Å². The molecule has 1 amide bonds. The second kappa shape index (κ2) is 8.58. The van der Waals surface area contributed by atoms with Crippen molar-refractivity contribution >= 4 is 46.6 Å². The Morgan fingerprint density at radius 1 is 1.19 bits per heavy atom. The van der Waals surface area contributed by atoms with Gasteiger partial charge in [0.05, 0.1) is 16.5 Å². The van der Waals surface area contributed by atoms with Crippen molar-refractivity contribution < 1.29 is 4.79 Å². The number of nitrogens with zero attached hydrogens (tertiary/aromatic N) is 2. The van der Waals surface area contributed by atoms with Crippen LogP contribution in [0.4, 0.5) is 5.69 Å². The van der Waals surface area contributed by atoms with E-state index >= 15 is 0 Å². The fourth-order valence-corrected chi connectivity index (χ4v) is 3.30. The number of halogens is 2. The fraction of sp³-hybridized carbons (Fsp3) is 0.167. The van der Waals surface area contributed by atoms with Crippen molar-refractivity contribution in [3.8, 4) is 11.4 Å². The van der Waals surface area contributed by atoms with E-state index < -0.39 is 0 Å². The normalized spacial score (nSPS) is 10.7. The molecule has 0 saturated heterocycles. The standard InChI is InChI=1S/C18H16Cl2N4OS/c1-2-11-3-5-12(6-4-11)17-22-18(24-23-17)26-10-16(25)21-15-8-7-13(19)9-14(15)20/h3-9H,2,10H2,1H3,(H,21,25)(H,22,23,24). The van der Waals surface area contributed by atoms with Gasteiger partial charge >= 0.3 is 0 Å². The molecule has 8 heteroatoms. The van der Waals surface area contributed by atoms with Gasteiger partial charge in [0.1, 0.15) is 0 Å². The van der Waals surface area contributed by atoms with E-state index in [9.17, 15) is 4.79 Å². The van der Waals surface area contributed by atoms with Crippen LogP contribution in [0.25, 0.3) is 11.4 Å². The third kappa shape index (κ3) is 4.78. The van der Waals surface area contributed by atoms with E-state index in [1.54, 1.807) is 18.2 Å². The van der Waals surface area contributed by atoms with Crippen LogP contribution < -0.4 is 5.32 Å². The van der Waals surface area contributed by atoms with E-state index in [0.717, 1.165) is 12.0 Å². The van der Waals surface area contributed by atoms with Gasteiger partial charge in [0, 0.05) is 10.6 Å². The minimum atomic E-state index is -0.196. The van der Waals surface area contributed by atoms with Crippen LogP contribution in [0.2, 0.25) is 10.0 Å². The predicted molar refractivity (Wildman–Crippen MR) is 107 cm³/mol. The molecule has 1 heterocycles. The van der Waals surface area contributed by atoms with Crippen molar-refractivity contribution in [1.29, 1.82) is 0 Å². The molecule has 1 aromatic heterocycles. The van der Waals surface area contributed by atoms with Gasteiger partial charge < -0.3 is 5.32 Å². The quantitative estimate of drug-likeness (QED) is 0.560. The van der Waals surface area contributed by atoms with Gasteiger partial charge in [-0.3, -0.25) is 9.89 Å². The lowest BCUT2D eigenvalue weighted by Crippen LogP contribution is -2.14. The van der Waals surface area contributed by atoms with E-state index in [1.807, 2.05) is 12.1 Å². The molecule has 3 aromatic rings. The lowest BCUT2D eigenvalue weighted by Gasteiger charge is -2.06. The van der Waals surface area contributed by atoms with Crippen LogP contribution in [0.15, 0.2) is 47.6 Å². The zero-order valence-electron chi connectivity index (χ0n) is 13.9. The van der Waals surface area contributed by atoms with Crippen molar-refractivity contribution in [2.75, 3.05) is 11.1 Å². The van der Waals surface area contributed by atoms with Crippen LogP contribution in [0.3, 0.4) is 0 Å². The monoisotopic (exact) mass is 406 g/mol. The van der Waals surface area contributed by atoms with Gasteiger partial charge in [-0.2, -0.15) is 0 Å². The molecule has 0 aliphatic rings. The molecule has 3 rings (SSSR count). The number of H-pyrrole nitrogens is 1. The highest BCUT2D eigenvalue weighted by Gasteiger charge is 2.11. The van der Waals surface area contributed by atoms with Gasteiger partial charge in [-0.05, 0) is 30.2 Å².